The average molecular weight is 438 g/mol. The van der Waals surface area contributed by atoms with Gasteiger partial charge in [-0.1, -0.05) is 11.6 Å². The van der Waals surface area contributed by atoms with E-state index in [1.54, 1.807) is 0 Å². The summed E-state index contributed by atoms with van der Waals surface area (Å²) in [4.78, 5) is 13.2. The van der Waals surface area contributed by atoms with Gasteiger partial charge in [0.1, 0.15) is 20.5 Å². The number of hydrogen-bond acceptors (Lipinski definition) is 7. The number of halogens is 1. The van der Waals surface area contributed by atoms with E-state index < -0.39 is 19.9 Å². The minimum atomic E-state index is -3.84. The lowest BCUT2D eigenvalue weighted by molar-refractivity contribution is -0.118. The Labute approximate surface area is 163 Å². The van der Waals surface area contributed by atoms with Gasteiger partial charge in [-0.25, -0.2) is 16.8 Å². The molecule has 12 heteroatoms. The van der Waals surface area contributed by atoms with E-state index in [0.717, 1.165) is 0 Å². The van der Waals surface area contributed by atoms with Crippen LogP contribution in [0.1, 0.15) is 0 Å². The molecule has 0 unspecified atom stereocenters. The number of sulfonamides is 1. The Hall–Kier alpha value is -1.40. The van der Waals surface area contributed by atoms with E-state index in [1.165, 1.54) is 22.7 Å². The number of hydrogen-bond donors (Lipinski definition) is 1. The topological polar surface area (TPSA) is 113 Å². The van der Waals surface area contributed by atoms with E-state index in [0.29, 0.717) is 25.3 Å². The zero-order valence-corrected chi connectivity index (χ0v) is 17.0. The lowest BCUT2D eigenvalue weighted by Gasteiger charge is -2.34. The van der Waals surface area contributed by atoms with Gasteiger partial charge in [0.15, 0.2) is 6.61 Å². The number of amides is 1. The number of fused-ring (bicyclic) bond motifs is 1. The SMILES string of the molecule is CS(=O)(=O)CCN1CCN(S(=O)(=O)c2cc3c(cc2Cl)NC(=O)CO3)CC1. The number of sulfone groups is 1. The first-order chi connectivity index (χ1) is 12.6. The minimum absolute atomic E-state index is 0.000874. The average Bonchev–Trinajstić information content (AvgIpc) is 2.59. The number of carbonyl (C=O) groups excluding carboxylic acids is 1. The first-order valence-corrected chi connectivity index (χ1v) is 12.1. The molecule has 2 aliphatic rings. The third kappa shape index (κ3) is 4.72. The maximum atomic E-state index is 13.0. The summed E-state index contributed by atoms with van der Waals surface area (Å²) in [6.45, 7) is 1.52. The predicted octanol–water partition coefficient (Wildman–Crippen LogP) is 0.0218. The zero-order chi connectivity index (χ0) is 19.8. The molecule has 2 aliphatic heterocycles. The van der Waals surface area contributed by atoms with Gasteiger partial charge in [0, 0.05) is 45.0 Å². The van der Waals surface area contributed by atoms with Crippen LogP contribution in [-0.2, 0) is 24.7 Å². The third-order valence-corrected chi connectivity index (χ3v) is 7.68. The molecular formula is C15H20ClN3O6S2. The van der Waals surface area contributed by atoms with Crippen LogP contribution in [0.4, 0.5) is 5.69 Å². The van der Waals surface area contributed by atoms with Crippen molar-refractivity contribution in [3.8, 4) is 5.75 Å². The first kappa shape index (κ1) is 20.3. The van der Waals surface area contributed by atoms with Crippen LogP contribution >= 0.6 is 11.6 Å². The summed E-state index contributed by atoms with van der Waals surface area (Å²) >= 11 is 6.15. The number of nitrogens with zero attached hydrogens (tertiary/aromatic N) is 2. The number of carbonyl (C=O) groups is 1. The highest BCUT2D eigenvalue weighted by molar-refractivity contribution is 7.90. The molecule has 1 saturated heterocycles. The molecule has 1 aromatic carbocycles. The summed E-state index contributed by atoms with van der Waals surface area (Å²) in [5, 5.41) is 2.58. The molecule has 0 atom stereocenters. The summed E-state index contributed by atoms with van der Waals surface area (Å²) in [5.74, 6) is -0.0387. The second-order valence-electron chi connectivity index (χ2n) is 6.49. The maximum absolute atomic E-state index is 13.0. The van der Waals surface area contributed by atoms with Crippen LogP contribution < -0.4 is 10.1 Å². The molecule has 0 saturated carbocycles. The fraction of sp³-hybridized carbons (Fsp3) is 0.533. The monoisotopic (exact) mass is 437 g/mol. The second kappa shape index (κ2) is 7.55. The molecule has 3 rings (SSSR count). The first-order valence-electron chi connectivity index (χ1n) is 8.23. The van der Waals surface area contributed by atoms with E-state index >= 15 is 0 Å². The van der Waals surface area contributed by atoms with Crippen molar-refractivity contribution in [3.05, 3.63) is 17.2 Å². The summed E-state index contributed by atoms with van der Waals surface area (Å²) in [7, 11) is -6.90. The molecule has 0 aliphatic carbocycles. The number of ether oxygens (including phenoxy) is 1. The van der Waals surface area contributed by atoms with E-state index in [2.05, 4.69) is 5.32 Å². The van der Waals surface area contributed by atoms with Gasteiger partial charge in [-0.2, -0.15) is 4.31 Å². The Kier molecular flexibility index (Phi) is 5.69. The lowest BCUT2D eigenvalue weighted by atomic mass is 10.2. The van der Waals surface area contributed by atoms with E-state index in [4.69, 9.17) is 16.3 Å². The summed E-state index contributed by atoms with van der Waals surface area (Å²) in [6, 6.07) is 2.69. The smallest absolute Gasteiger partial charge is 0.262 e. The number of nitrogens with one attached hydrogen (secondary N) is 1. The largest absolute Gasteiger partial charge is 0.482 e. The lowest BCUT2D eigenvalue weighted by Crippen LogP contribution is -2.49. The highest BCUT2D eigenvalue weighted by Gasteiger charge is 2.32. The fourth-order valence-electron chi connectivity index (χ4n) is 2.91. The molecule has 0 spiro atoms. The highest BCUT2D eigenvalue weighted by Crippen LogP contribution is 2.36. The number of piperazine rings is 1. The van der Waals surface area contributed by atoms with Crippen molar-refractivity contribution < 1.29 is 26.4 Å². The molecule has 0 bridgehead atoms. The molecule has 27 heavy (non-hydrogen) atoms. The van der Waals surface area contributed by atoms with E-state index in [1.807, 2.05) is 4.90 Å². The Morgan fingerprint density at radius 2 is 1.81 bits per heavy atom. The van der Waals surface area contributed by atoms with Crippen LogP contribution in [0, 0.1) is 0 Å². The minimum Gasteiger partial charge on any atom is -0.482 e. The molecule has 1 N–H and O–H groups in total. The van der Waals surface area contributed by atoms with Crippen molar-refractivity contribution in [2.45, 2.75) is 4.90 Å². The van der Waals surface area contributed by atoms with Crippen molar-refractivity contribution in [1.29, 1.82) is 0 Å². The van der Waals surface area contributed by atoms with Gasteiger partial charge in [0.25, 0.3) is 5.91 Å². The molecule has 150 valence electrons. The Morgan fingerprint density at radius 3 is 2.44 bits per heavy atom. The van der Waals surface area contributed by atoms with Crippen LogP contribution in [0.5, 0.6) is 5.75 Å². The Bertz CT molecular complexity index is 956. The van der Waals surface area contributed by atoms with Crippen molar-refractivity contribution in [2.24, 2.45) is 0 Å². The van der Waals surface area contributed by atoms with Crippen LogP contribution in [0.15, 0.2) is 17.0 Å². The number of rotatable bonds is 5. The van der Waals surface area contributed by atoms with Gasteiger partial charge in [-0.15, -0.1) is 0 Å². The van der Waals surface area contributed by atoms with Gasteiger partial charge in [-0.3, -0.25) is 9.69 Å². The van der Waals surface area contributed by atoms with Crippen LogP contribution in [0.3, 0.4) is 0 Å². The molecule has 0 radical (unpaired) electrons. The Morgan fingerprint density at radius 1 is 1.15 bits per heavy atom. The molecule has 9 nitrogen and oxygen atoms in total. The Balaban J connectivity index is 1.73. The van der Waals surface area contributed by atoms with Gasteiger partial charge in [0.2, 0.25) is 10.0 Å². The van der Waals surface area contributed by atoms with Gasteiger partial charge < -0.3 is 10.1 Å². The van der Waals surface area contributed by atoms with Crippen molar-refractivity contribution in [2.75, 3.05) is 56.7 Å². The molecular weight excluding hydrogens is 418 g/mol. The maximum Gasteiger partial charge on any atom is 0.262 e. The highest BCUT2D eigenvalue weighted by atomic mass is 35.5. The zero-order valence-electron chi connectivity index (χ0n) is 14.6. The molecule has 1 amide bonds. The molecule has 0 aromatic heterocycles. The van der Waals surface area contributed by atoms with Crippen LogP contribution in [-0.4, -0.2) is 83.3 Å². The molecule has 1 fully saturated rings. The summed E-state index contributed by atoms with van der Waals surface area (Å²) in [6.07, 6.45) is 1.18. The van der Waals surface area contributed by atoms with Crippen molar-refractivity contribution in [3.63, 3.8) is 0 Å². The van der Waals surface area contributed by atoms with Crippen LogP contribution in [0.2, 0.25) is 5.02 Å². The standard InChI is InChI=1S/C15H20ClN3O6S2/c1-26(21,22)7-6-18-2-4-19(5-3-18)27(23,24)14-9-13-12(8-11(14)16)17-15(20)10-25-13/h8-9H,2-7,10H2,1H3,(H,17,20). The van der Waals surface area contributed by atoms with Crippen molar-refractivity contribution >= 4 is 43.1 Å². The molecule has 2 heterocycles. The van der Waals surface area contributed by atoms with Gasteiger partial charge in [0.05, 0.1) is 16.5 Å². The number of anilines is 1. The van der Waals surface area contributed by atoms with Crippen LogP contribution in [0.25, 0.3) is 0 Å². The van der Waals surface area contributed by atoms with Gasteiger partial charge >= 0.3 is 0 Å². The molecule has 1 aromatic rings. The summed E-state index contributed by atoms with van der Waals surface area (Å²) < 4.78 is 55.1. The summed E-state index contributed by atoms with van der Waals surface area (Å²) in [5.41, 5.74) is 0.334. The van der Waals surface area contributed by atoms with E-state index in [9.17, 15) is 21.6 Å². The normalized spacial score (nSPS) is 19.3. The van der Waals surface area contributed by atoms with Gasteiger partial charge in [-0.05, 0) is 6.07 Å². The number of benzene rings is 1. The van der Waals surface area contributed by atoms with Crippen molar-refractivity contribution in [1.82, 2.24) is 9.21 Å². The fourth-order valence-corrected chi connectivity index (χ4v) is 5.44. The third-order valence-electron chi connectivity index (χ3n) is 4.39. The van der Waals surface area contributed by atoms with E-state index in [-0.39, 0.29) is 47.0 Å². The quantitative estimate of drug-likeness (QED) is 0.690. The second-order valence-corrected chi connectivity index (χ2v) is 11.1. The predicted molar refractivity (Wildman–Crippen MR) is 100 cm³/mol.